The molecule has 0 aliphatic carbocycles. The molecule has 2 rings (SSSR count). The summed E-state index contributed by atoms with van der Waals surface area (Å²) in [5, 5.41) is 12.0. The first kappa shape index (κ1) is 13.9. The molecular weight excluding hydrogens is 254 g/mol. The SMILES string of the molecule is Cl.O=C(O)c1cccnc1NCc1ccncc1. The van der Waals surface area contributed by atoms with Crippen molar-refractivity contribution in [3.8, 4) is 0 Å². The molecule has 0 bridgehead atoms. The molecule has 0 atom stereocenters. The van der Waals surface area contributed by atoms with Crippen LogP contribution in [0.3, 0.4) is 0 Å². The van der Waals surface area contributed by atoms with E-state index in [1.165, 1.54) is 6.07 Å². The van der Waals surface area contributed by atoms with Crippen LogP contribution in [-0.4, -0.2) is 21.0 Å². The van der Waals surface area contributed by atoms with Gasteiger partial charge in [-0.05, 0) is 29.8 Å². The smallest absolute Gasteiger partial charge is 0.339 e. The van der Waals surface area contributed by atoms with Crippen molar-refractivity contribution >= 4 is 24.2 Å². The van der Waals surface area contributed by atoms with Gasteiger partial charge in [-0.1, -0.05) is 0 Å². The van der Waals surface area contributed by atoms with Gasteiger partial charge in [0, 0.05) is 25.1 Å². The molecule has 0 unspecified atom stereocenters. The maximum atomic E-state index is 10.9. The molecule has 6 heteroatoms. The third kappa shape index (κ3) is 3.43. The largest absolute Gasteiger partial charge is 0.478 e. The van der Waals surface area contributed by atoms with Crippen LogP contribution in [-0.2, 0) is 6.54 Å². The monoisotopic (exact) mass is 265 g/mol. The molecule has 0 aromatic carbocycles. The molecule has 0 fully saturated rings. The van der Waals surface area contributed by atoms with Crippen LogP contribution in [0.25, 0.3) is 0 Å². The Morgan fingerprint density at radius 1 is 1.22 bits per heavy atom. The second-order valence-corrected chi connectivity index (χ2v) is 3.41. The summed E-state index contributed by atoms with van der Waals surface area (Å²) in [6, 6.07) is 6.83. The van der Waals surface area contributed by atoms with Crippen LogP contribution in [0.5, 0.6) is 0 Å². The van der Waals surface area contributed by atoms with E-state index in [1.54, 1.807) is 24.7 Å². The Hall–Kier alpha value is -2.14. The number of aromatic nitrogens is 2. The van der Waals surface area contributed by atoms with Crippen LogP contribution in [0.15, 0.2) is 42.9 Å². The summed E-state index contributed by atoms with van der Waals surface area (Å²) in [6.07, 6.45) is 4.93. The van der Waals surface area contributed by atoms with E-state index in [9.17, 15) is 4.79 Å². The Kier molecular flexibility index (Phi) is 5.07. The Bertz CT molecular complexity index is 520. The molecule has 0 saturated carbocycles. The minimum absolute atomic E-state index is 0. The molecule has 0 aliphatic heterocycles. The van der Waals surface area contributed by atoms with E-state index >= 15 is 0 Å². The van der Waals surface area contributed by atoms with Crippen molar-refractivity contribution in [1.29, 1.82) is 0 Å². The second-order valence-electron chi connectivity index (χ2n) is 3.41. The molecule has 0 radical (unpaired) electrons. The molecule has 0 amide bonds. The molecule has 5 nitrogen and oxygen atoms in total. The highest BCUT2D eigenvalue weighted by Gasteiger charge is 2.09. The number of carboxylic acid groups (broad SMARTS) is 1. The fourth-order valence-electron chi connectivity index (χ4n) is 1.41. The molecule has 18 heavy (non-hydrogen) atoms. The maximum Gasteiger partial charge on any atom is 0.339 e. The minimum atomic E-state index is -0.990. The zero-order chi connectivity index (χ0) is 12.1. The number of pyridine rings is 2. The van der Waals surface area contributed by atoms with Crippen LogP contribution in [0, 0.1) is 0 Å². The number of carbonyl (C=O) groups is 1. The Morgan fingerprint density at radius 2 is 1.94 bits per heavy atom. The molecule has 94 valence electrons. The van der Waals surface area contributed by atoms with Crippen molar-refractivity contribution in [1.82, 2.24) is 9.97 Å². The highest BCUT2D eigenvalue weighted by Crippen LogP contribution is 2.12. The zero-order valence-corrected chi connectivity index (χ0v) is 10.2. The van der Waals surface area contributed by atoms with E-state index in [2.05, 4.69) is 15.3 Å². The lowest BCUT2D eigenvalue weighted by Gasteiger charge is -2.07. The van der Waals surface area contributed by atoms with Gasteiger partial charge in [-0.15, -0.1) is 12.4 Å². The number of nitrogens with one attached hydrogen (secondary N) is 1. The van der Waals surface area contributed by atoms with Gasteiger partial charge in [0.1, 0.15) is 11.4 Å². The van der Waals surface area contributed by atoms with E-state index in [1.807, 2.05) is 12.1 Å². The summed E-state index contributed by atoms with van der Waals surface area (Å²) in [7, 11) is 0. The van der Waals surface area contributed by atoms with Crippen LogP contribution < -0.4 is 5.32 Å². The predicted molar refractivity (Wildman–Crippen MR) is 70.0 cm³/mol. The Labute approximate surface area is 110 Å². The summed E-state index contributed by atoms with van der Waals surface area (Å²) in [6.45, 7) is 0.514. The van der Waals surface area contributed by atoms with Crippen LogP contribution >= 0.6 is 12.4 Å². The summed E-state index contributed by atoms with van der Waals surface area (Å²) >= 11 is 0. The van der Waals surface area contributed by atoms with Gasteiger partial charge in [-0.3, -0.25) is 4.98 Å². The van der Waals surface area contributed by atoms with Crippen LogP contribution in [0.2, 0.25) is 0 Å². The number of rotatable bonds is 4. The topological polar surface area (TPSA) is 75.1 Å². The van der Waals surface area contributed by atoms with Gasteiger partial charge in [0.2, 0.25) is 0 Å². The van der Waals surface area contributed by atoms with E-state index < -0.39 is 5.97 Å². The summed E-state index contributed by atoms with van der Waals surface area (Å²) < 4.78 is 0. The third-order valence-electron chi connectivity index (χ3n) is 2.25. The van der Waals surface area contributed by atoms with Gasteiger partial charge in [0.15, 0.2) is 0 Å². The van der Waals surface area contributed by atoms with E-state index in [-0.39, 0.29) is 18.0 Å². The van der Waals surface area contributed by atoms with Crippen molar-refractivity contribution in [2.45, 2.75) is 6.54 Å². The molecular formula is C12H12ClN3O2. The molecule has 0 saturated heterocycles. The van der Waals surface area contributed by atoms with Gasteiger partial charge >= 0.3 is 5.97 Å². The van der Waals surface area contributed by atoms with Gasteiger partial charge in [-0.25, -0.2) is 9.78 Å². The predicted octanol–water partition coefficient (Wildman–Crippen LogP) is 2.21. The summed E-state index contributed by atoms with van der Waals surface area (Å²) in [5.41, 5.74) is 1.18. The normalized spacial score (nSPS) is 9.33. The Balaban J connectivity index is 0.00000162. The minimum Gasteiger partial charge on any atom is -0.478 e. The first-order valence-electron chi connectivity index (χ1n) is 5.08. The number of carboxylic acids is 1. The average Bonchev–Trinajstić information content (AvgIpc) is 2.38. The molecule has 2 aromatic rings. The van der Waals surface area contributed by atoms with E-state index in [0.717, 1.165) is 5.56 Å². The fraction of sp³-hybridized carbons (Fsp3) is 0.0833. The first-order chi connectivity index (χ1) is 8.27. The molecule has 2 aromatic heterocycles. The zero-order valence-electron chi connectivity index (χ0n) is 9.41. The number of nitrogens with zero attached hydrogens (tertiary/aromatic N) is 2. The van der Waals surface area contributed by atoms with Gasteiger partial charge in [0.05, 0.1) is 0 Å². The van der Waals surface area contributed by atoms with Crippen molar-refractivity contribution in [3.05, 3.63) is 54.0 Å². The van der Waals surface area contributed by atoms with Crippen LogP contribution in [0.1, 0.15) is 15.9 Å². The van der Waals surface area contributed by atoms with E-state index in [0.29, 0.717) is 12.4 Å². The molecule has 2 heterocycles. The highest BCUT2D eigenvalue weighted by atomic mass is 35.5. The Morgan fingerprint density at radius 3 is 2.61 bits per heavy atom. The standard InChI is InChI=1S/C12H11N3O2.ClH/c16-12(17)10-2-1-5-14-11(10)15-8-9-3-6-13-7-4-9;/h1-7H,8H2,(H,14,15)(H,16,17);1H. The fourth-order valence-corrected chi connectivity index (χ4v) is 1.41. The molecule has 0 spiro atoms. The number of anilines is 1. The summed E-state index contributed by atoms with van der Waals surface area (Å²) in [5.74, 6) is -0.618. The first-order valence-corrected chi connectivity index (χ1v) is 5.08. The second kappa shape index (κ2) is 6.56. The summed E-state index contributed by atoms with van der Waals surface area (Å²) in [4.78, 5) is 18.9. The van der Waals surface area contributed by atoms with E-state index in [4.69, 9.17) is 5.11 Å². The lowest BCUT2D eigenvalue weighted by Crippen LogP contribution is -2.07. The van der Waals surface area contributed by atoms with Crippen molar-refractivity contribution in [3.63, 3.8) is 0 Å². The lowest BCUT2D eigenvalue weighted by atomic mass is 10.2. The van der Waals surface area contributed by atoms with Crippen molar-refractivity contribution in [2.24, 2.45) is 0 Å². The maximum absolute atomic E-state index is 10.9. The van der Waals surface area contributed by atoms with Crippen molar-refractivity contribution in [2.75, 3.05) is 5.32 Å². The van der Waals surface area contributed by atoms with Crippen molar-refractivity contribution < 1.29 is 9.90 Å². The number of hydrogen-bond donors (Lipinski definition) is 2. The van der Waals surface area contributed by atoms with Gasteiger partial charge in [0.25, 0.3) is 0 Å². The molecule has 0 aliphatic rings. The number of hydrogen-bond acceptors (Lipinski definition) is 4. The number of halogens is 1. The van der Waals surface area contributed by atoms with Gasteiger partial charge in [-0.2, -0.15) is 0 Å². The highest BCUT2D eigenvalue weighted by molar-refractivity contribution is 5.92. The molecule has 2 N–H and O–H groups in total. The number of aromatic carboxylic acids is 1. The lowest BCUT2D eigenvalue weighted by molar-refractivity contribution is 0.0697. The average molecular weight is 266 g/mol. The van der Waals surface area contributed by atoms with Gasteiger partial charge < -0.3 is 10.4 Å². The van der Waals surface area contributed by atoms with Crippen LogP contribution in [0.4, 0.5) is 5.82 Å². The quantitative estimate of drug-likeness (QED) is 0.886. The third-order valence-corrected chi connectivity index (χ3v) is 2.25.